The smallest absolute Gasteiger partial charge is 0.239 e. The van der Waals surface area contributed by atoms with E-state index in [1.807, 2.05) is 0 Å². The number of rotatable bonds is 2. The Bertz CT molecular complexity index is 318. The fourth-order valence-corrected chi connectivity index (χ4v) is 3.82. The molecule has 4 nitrogen and oxygen atoms in total. The third-order valence-electron chi connectivity index (χ3n) is 4.16. The van der Waals surface area contributed by atoms with Gasteiger partial charge in [0.05, 0.1) is 17.0 Å². The van der Waals surface area contributed by atoms with Crippen molar-refractivity contribution in [3.8, 4) is 0 Å². The van der Waals surface area contributed by atoms with Crippen LogP contribution >= 0.6 is 11.8 Å². The van der Waals surface area contributed by atoms with E-state index in [1.54, 1.807) is 0 Å². The summed E-state index contributed by atoms with van der Waals surface area (Å²) in [7, 11) is 0. The molecule has 0 spiro atoms. The molecular formula is C12H20N2O2S. The zero-order valence-corrected chi connectivity index (χ0v) is 11.1. The Balaban J connectivity index is 2.31. The van der Waals surface area contributed by atoms with Crippen LogP contribution in [0.2, 0.25) is 0 Å². The van der Waals surface area contributed by atoms with Crippen molar-refractivity contribution in [2.45, 2.75) is 38.1 Å². The zero-order valence-electron chi connectivity index (χ0n) is 10.3. The fraction of sp³-hybridized carbons (Fsp3) is 0.833. The number of nitrogens with two attached hydrogens (primary N) is 1. The summed E-state index contributed by atoms with van der Waals surface area (Å²) in [5.74, 6) is 1.05. The Hall–Kier alpha value is -0.550. The van der Waals surface area contributed by atoms with Crippen LogP contribution in [0, 0.1) is 5.92 Å². The molecule has 2 aliphatic rings. The minimum atomic E-state index is -0.409. The molecule has 96 valence electrons. The lowest BCUT2D eigenvalue weighted by atomic mass is 9.72. The highest BCUT2D eigenvalue weighted by atomic mass is 32.2. The molecule has 1 aliphatic heterocycles. The maximum Gasteiger partial charge on any atom is 0.239 e. The van der Waals surface area contributed by atoms with Gasteiger partial charge in [-0.15, -0.1) is 11.8 Å². The number of hydrogen-bond acceptors (Lipinski definition) is 4. The molecule has 2 fully saturated rings. The maximum atomic E-state index is 12.0. The van der Waals surface area contributed by atoms with E-state index in [1.165, 1.54) is 23.1 Å². The summed E-state index contributed by atoms with van der Waals surface area (Å²) in [5, 5.41) is 0. The molecule has 17 heavy (non-hydrogen) atoms. The van der Waals surface area contributed by atoms with E-state index in [9.17, 15) is 9.59 Å². The van der Waals surface area contributed by atoms with Crippen molar-refractivity contribution in [1.82, 2.24) is 4.90 Å². The molecule has 1 aliphatic carbocycles. The summed E-state index contributed by atoms with van der Waals surface area (Å²) < 4.78 is 0. The molecule has 1 heterocycles. The lowest BCUT2D eigenvalue weighted by Gasteiger charge is -2.49. The second-order valence-electron chi connectivity index (χ2n) is 5.07. The van der Waals surface area contributed by atoms with Crippen LogP contribution in [0.3, 0.4) is 0 Å². The van der Waals surface area contributed by atoms with Crippen LogP contribution in [-0.4, -0.2) is 40.3 Å². The molecule has 5 heteroatoms. The van der Waals surface area contributed by atoms with Gasteiger partial charge in [-0.2, -0.15) is 0 Å². The Morgan fingerprint density at radius 2 is 2.00 bits per heavy atom. The molecule has 0 radical (unpaired) electrons. The molecule has 1 saturated carbocycles. The quantitative estimate of drug-likeness (QED) is 0.749. The van der Waals surface area contributed by atoms with Gasteiger partial charge in [0, 0.05) is 6.54 Å². The standard InChI is InChI=1S/C12H20N2O2S/c1-9-4-2-3-5-12(9,8-13)14-10(15)6-17-7-11(14)16/h9H,2-8,13H2,1H3. The van der Waals surface area contributed by atoms with Crippen LogP contribution in [0.1, 0.15) is 32.6 Å². The molecular weight excluding hydrogens is 236 g/mol. The summed E-state index contributed by atoms with van der Waals surface area (Å²) in [4.78, 5) is 25.6. The normalized spacial score (nSPS) is 35.2. The number of nitrogens with zero attached hydrogens (tertiary/aromatic N) is 1. The number of carbonyl (C=O) groups excluding carboxylic acids is 2. The zero-order chi connectivity index (χ0) is 12.5. The average Bonchev–Trinajstić information content (AvgIpc) is 2.31. The predicted octanol–water partition coefficient (Wildman–Crippen LogP) is 0.996. The van der Waals surface area contributed by atoms with Gasteiger partial charge in [0.1, 0.15) is 0 Å². The second kappa shape index (κ2) is 4.98. The van der Waals surface area contributed by atoms with Gasteiger partial charge in [-0.1, -0.05) is 19.8 Å². The first-order valence-corrected chi connectivity index (χ1v) is 7.41. The number of thioether (sulfide) groups is 1. The van der Waals surface area contributed by atoms with Crippen LogP contribution in [0.25, 0.3) is 0 Å². The molecule has 2 atom stereocenters. The first-order chi connectivity index (χ1) is 8.12. The lowest BCUT2D eigenvalue weighted by molar-refractivity contribution is -0.153. The topological polar surface area (TPSA) is 63.4 Å². The lowest BCUT2D eigenvalue weighted by Crippen LogP contribution is -2.65. The SMILES string of the molecule is CC1CCCCC1(CN)N1C(=O)CSCC1=O. The highest BCUT2D eigenvalue weighted by molar-refractivity contribution is 8.00. The molecule has 2 unspecified atom stereocenters. The second-order valence-corrected chi connectivity index (χ2v) is 6.06. The molecule has 0 aromatic carbocycles. The molecule has 0 aromatic rings. The van der Waals surface area contributed by atoms with Crippen LogP contribution < -0.4 is 5.73 Å². The summed E-state index contributed by atoms with van der Waals surface area (Å²) >= 11 is 1.41. The third kappa shape index (κ3) is 2.10. The summed E-state index contributed by atoms with van der Waals surface area (Å²) in [6.07, 6.45) is 4.16. The van der Waals surface area contributed by atoms with E-state index in [0.717, 1.165) is 19.3 Å². The van der Waals surface area contributed by atoms with Gasteiger partial charge in [-0.3, -0.25) is 14.5 Å². The Kier molecular flexibility index (Phi) is 3.78. The molecule has 1 saturated heterocycles. The van der Waals surface area contributed by atoms with Crippen LogP contribution in [-0.2, 0) is 9.59 Å². The molecule has 2 N–H and O–H groups in total. The van der Waals surface area contributed by atoms with Crippen molar-refractivity contribution >= 4 is 23.6 Å². The largest absolute Gasteiger partial charge is 0.328 e. The highest BCUT2D eigenvalue weighted by Gasteiger charge is 2.48. The third-order valence-corrected chi connectivity index (χ3v) is 5.06. The van der Waals surface area contributed by atoms with Gasteiger partial charge < -0.3 is 5.73 Å². The van der Waals surface area contributed by atoms with Gasteiger partial charge in [0.25, 0.3) is 0 Å². The Morgan fingerprint density at radius 1 is 1.35 bits per heavy atom. The van der Waals surface area contributed by atoms with E-state index in [0.29, 0.717) is 24.0 Å². The summed E-state index contributed by atoms with van der Waals surface area (Å²) in [6, 6.07) is 0. The maximum absolute atomic E-state index is 12.0. The minimum absolute atomic E-state index is 0.0505. The number of carbonyl (C=O) groups is 2. The van der Waals surface area contributed by atoms with Crippen LogP contribution in [0.5, 0.6) is 0 Å². The van der Waals surface area contributed by atoms with E-state index >= 15 is 0 Å². The van der Waals surface area contributed by atoms with Gasteiger partial charge in [-0.05, 0) is 18.8 Å². The molecule has 0 bridgehead atoms. The van der Waals surface area contributed by atoms with Gasteiger partial charge in [-0.25, -0.2) is 0 Å². The number of hydrogen-bond donors (Lipinski definition) is 1. The summed E-state index contributed by atoms with van der Waals surface area (Å²) in [5.41, 5.74) is 5.52. The van der Waals surface area contributed by atoms with Gasteiger partial charge in [0.15, 0.2) is 0 Å². The van der Waals surface area contributed by atoms with E-state index in [4.69, 9.17) is 5.73 Å². The monoisotopic (exact) mass is 256 g/mol. The van der Waals surface area contributed by atoms with Crippen LogP contribution in [0.4, 0.5) is 0 Å². The first-order valence-electron chi connectivity index (χ1n) is 6.25. The first kappa shape index (κ1) is 12.9. The Morgan fingerprint density at radius 3 is 2.53 bits per heavy atom. The molecule has 0 aromatic heterocycles. The summed E-state index contributed by atoms with van der Waals surface area (Å²) in [6.45, 7) is 2.52. The number of imide groups is 1. The molecule has 2 rings (SSSR count). The van der Waals surface area contributed by atoms with Gasteiger partial charge in [0.2, 0.25) is 11.8 Å². The van der Waals surface area contributed by atoms with Crippen LogP contribution in [0.15, 0.2) is 0 Å². The van der Waals surface area contributed by atoms with Crippen molar-refractivity contribution in [2.24, 2.45) is 11.7 Å². The van der Waals surface area contributed by atoms with E-state index < -0.39 is 5.54 Å². The van der Waals surface area contributed by atoms with Gasteiger partial charge >= 0.3 is 0 Å². The molecule has 2 amide bonds. The average molecular weight is 256 g/mol. The van der Waals surface area contributed by atoms with Crippen molar-refractivity contribution in [1.29, 1.82) is 0 Å². The van der Waals surface area contributed by atoms with E-state index in [-0.39, 0.29) is 11.8 Å². The number of amides is 2. The predicted molar refractivity (Wildman–Crippen MR) is 68.6 cm³/mol. The van der Waals surface area contributed by atoms with Crippen molar-refractivity contribution in [3.63, 3.8) is 0 Å². The van der Waals surface area contributed by atoms with Crippen molar-refractivity contribution in [2.75, 3.05) is 18.1 Å². The minimum Gasteiger partial charge on any atom is -0.328 e. The highest BCUT2D eigenvalue weighted by Crippen LogP contribution is 2.39. The van der Waals surface area contributed by atoms with E-state index in [2.05, 4.69) is 6.92 Å². The van der Waals surface area contributed by atoms with Crippen molar-refractivity contribution < 1.29 is 9.59 Å². The van der Waals surface area contributed by atoms with Crippen molar-refractivity contribution in [3.05, 3.63) is 0 Å². The Labute approximate surface area is 106 Å². The fourth-order valence-electron chi connectivity index (χ4n) is 3.11.